The zero-order chi connectivity index (χ0) is 34.1. The number of aromatic nitrogens is 1. The summed E-state index contributed by atoms with van der Waals surface area (Å²) < 4.78 is 60.7. The number of alkyl halides is 3. The van der Waals surface area contributed by atoms with Crippen molar-refractivity contribution in [1.82, 2.24) is 9.58 Å². The highest BCUT2D eigenvalue weighted by molar-refractivity contribution is 7.98. The van der Waals surface area contributed by atoms with E-state index in [2.05, 4.69) is 35.8 Å². The summed E-state index contributed by atoms with van der Waals surface area (Å²) in [6.07, 6.45) is -4.73. The fourth-order valence-electron chi connectivity index (χ4n) is 4.73. The minimum Gasteiger partial charge on any atom is -0.426 e. The quantitative estimate of drug-likeness (QED) is 0.260. The number of rotatable bonds is 9. The van der Waals surface area contributed by atoms with E-state index in [0.29, 0.717) is 18.1 Å². The normalized spacial score (nSPS) is 14.5. The zero-order valence-corrected chi connectivity index (χ0v) is 27.5. The van der Waals surface area contributed by atoms with E-state index in [1.807, 2.05) is 23.9 Å². The summed E-state index contributed by atoms with van der Waals surface area (Å²) in [5.74, 6) is -0.911. The first kappa shape index (κ1) is 36.1. The Kier molecular flexibility index (Phi) is 12.6. The highest BCUT2D eigenvalue weighted by Crippen LogP contribution is 2.36. The summed E-state index contributed by atoms with van der Waals surface area (Å²) in [5, 5.41) is 0.901. The van der Waals surface area contributed by atoms with Crippen molar-refractivity contribution in [3.05, 3.63) is 92.4 Å². The van der Waals surface area contributed by atoms with Gasteiger partial charge in [0, 0.05) is 41.1 Å². The van der Waals surface area contributed by atoms with Gasteiger partial charge in [0.2, 0.25) is 11.2 Å². The maximum Gasteiger partial charge on any atom is 0.514 e. The van der Waals surface area contributed by atoms with Gasteiger partial charge in [-0.25, -0.2) is 4.79 Å². The van der Waals surface area contributed by atoms with E-state index >= 15 is 0 Å². The molecule has 0 unspecified atom stereocenters. The molecule has 47 heavy (non-hydrogen) atoms. The molecule has 3 aromatic rings. The van der Waals surface area contributed by atoms with Crippen molar-refractivity contribution >= 4 is 35.4 Å². The average Bonchev–Trinajstić information content (AvgIpc) is 3.23. The van der Waals surface area contributed by atoms with Gasteiger partial charge in [0.05, 0.1) is 13.2 Å². The molecule has 2 aliphatic rings. The van der Waals surface area contributed by atoms with E-state index in [0.717, 1.165) is 41.1 Å². The Labute approximate surface area is 279 Å². The molecule has 0 fully saturated rings. The van der Waals surface area contributed by atoms with Crippen molar-refractivity contribution in [2.45, 2.75) is 56.2 Å². The van der Waals surface area contributed by atoms with Gasteiger partial charge in [0.1, 0.15) is 12.7 Å². The number of carbonyl (C=O) groups is 2. The molecule has 0 spiro atoms. The maximum atomic E-state index is 13.1. The number of ether oxygens (including phenoxy) is 4. The SMILES string of the molecule is CCOCC(COCC)OC(=O)Oc1c2n(ccc1=O)NCN([C@H](C)C(F)(F)F)C2=O.Clc1cccc2c1CSc1ccccc1C2. The molecule has 1 N–H and O–H groups in total. The van der Waals surface area contributed by atoms with Crippen LogP contribution in [-0.2, 0) is 26.4 Å². The number of carbonyl (C=O) groups excluding carboxylic acids is 2. The standard InChI is InChI=1S/C18H24F3N3O7.C14H11ClS/c1-4-28-8-12(9-29-5-2)30-17(27)31-15-13(25)6-7-24-14(15)16(26)23(10-22-24)11(3)18(19,20)21;15-13-6-3-5-10-8-11-4-1-2-7-14(11)16-9-12(10)13/h6-7,11-12,22H,4-5,8-10H2,1-3H3;1-7H,8-9H2/t11-;/m1./s1. The molecule has 0 saturated carbocycles. The number of halogens is 4. The van der Waals surface area contributed by atoms with Crippen LogP contribution in [0.25, 0.3) is 0 Å². The number of benzene rings is 2. The fraction of sp³-hybridized carbons (Fsp3) is 0.406. The minimum atomic E-state index is -4.69. The smallest absolute Gasteiger partial charge is 0.426 e. The highest BCUT2D eigenvalue weighted by atomic mass is 35.5. The van der Waals surface area contributed by atoms with Crippen molar-refractivity contribution in [1.29, 1.82) is 0 Å². The van der Waals surface area contributed by atoms with Crippen LogP contribution in [0.2, 0.25) is 5.02 Å². The van der Waals surface area contributed by atoms with E-state index in [9.17, 15) is 27.6 Å². The first-order chi connectivity index (χ1) is 22.4. The number of hydrogen-bond acceptors (Lipinski definition) is 9. The number of amides is 1. The second kappa shape index (κ2) is 16.4. The molecule has 1 aromatic heterocycles. The van der Waals surface area contributed by atoms with Crippen molar-refractivity contribution in [2.24, 2.45) is 0 Å². The highest BCUT2D eigenvalue weighted by Gasteiger charge is 2.45. The van der Waals surface area contributed by atoms with Crippen LogP contribution in [0.4, 0.5) is 18.0 Å². The molecule has 0 bridgehead atoms. The second-order valence-electron chi connectivity index (χ2n) is 10.4. The zero-order valence-electron chi connectivity index (χ0n) is 26.0. The molecule has 5 rings (SSSR count). The summed E-state index contributed by atoms with van der Waals surface area (Å²) in [5.41, 5.74) is 5.18. The molecule has 0 radical (unpaired) electrons. The summed E-state index contributed by atoms with van der Waals surface area (Å²) in [4.78, 5) is 39.1. The molecule has 15 heteroatoms. The minimum absolute atomic E-state index is 0.00512. The number of fused-ring (bicyclic) bond motifs is 3. The van der Waals surface area contributed by atoms with Crippen molar-refractivity contribution in [2.75, 3.05) is 38.5 Å². The van der Waals surface area contributed by atoms with Crippen LogP contribution in [0.3, 0.4) is 0 Å². The molecule has 1 atom stereocenters. The third kappa shape index (κ3) is 9.21. The van der Waals surface area contributed by atoms with Crippen LogP contribution < -0.4 is 15.6 Å². The molecule has 0 aliphatic carbocycles. The van der Waals surface area contributed by atoms with Crippen LogP contribution in [0.1, 0.15) is 48.0 Å². The maximum absolute atomic E-state index is 13.1. The second-order valence-corrected chi connectivity index (χ2v) is 11.8. The lowest BCUT2D eigenvalue weighted by Gasteiger charge is -2.36. The largest absolute Gasteiger partial charge is 0.514 e. The van der Waals surface area contributed by atoms with E-state index < -0.39 is 53.9 Å². The van der Waals surface area contributed by atoms with Gasteiger partial charge in [0.25, 0.3) is 5.91 Å². The van der Waals surface area contributed by atoms with E-state index in [4.69, 9.17) is 30.5 Å². The summed E-state index contributed by atoms with van der Waals surface area (Å²) >= 11 is 8.13. The molecule has 2 aliphatic heterocycles. The van der Waals surface area contributed by atoms with Gasteiger partial charge in [-0.15, -0.1) is 11.8 Å². The van der Waals surface area contributed by atoms with Gasteiger partial charge < -0.3 is 29.3 Å². The van der Waals surface area contributed by atoms with Gasteiger partial charge in [0.15, 0.2) is 11.8 Å². The molecule has 2 aromatic carbocycles. The lowest BCUT2D eigenvalue weighted by atomic mass is 10.0. The Bertz CT molecular complexity index is 1610. The van der Waals surface area contributed by atoms with Crippen molar-refractivity contribution in [3.63, 3.8) is 0 Å². The molecule has 1 amide bonds. The van der Waals surface area contributed by atoms with Gasteiger partial charge in [-0.1, -0.05) is 41.9 Å². The van der Waals surface area contributed by atoms with E-state index in [1.54, 1.807) is 13.8 Å². The molecular weight excluding hydrogens is 663 g/mol. The Hall–Kier alpha value is -3.72. The first-order valence-electron chi connectivity index (χ1n) is 14.8. The monoisotopic (exact) mass is 697 g/mol. The molecular formula is C32H35ClF3N3O7S. The van der Waals surface area contributed by atoms with Crippen molar-refractivity contribution in [3.8, 4) is 5.75 Å². The van der Waals surface area contributed by atoms with Gasteiger partial charge in [-0.05, 0) is 56.0 Å². The lowest BCUT2D eigenvalue weighted by Crippen LogP contribution is -2.54. The van der Waals surface area contributed by atoms with Crippen LogP contribution in [-0.4, -0.2) is 73.1 Å². The van der Waals surface area contributed by atoms with Crippen LogP contribution in [0.15, 0.2) is 64.4 Å². The number of pyridine rings is 1. The Morgan fingerprint density at radius 3 is 2.38 bits per heavy atom. The summed E-state index contributed by atoms with van der Waals surface area (Å²) in [7, 11) is 0. The van der Waals surface area contributed by atoms with Crippen LogP contribution in [0, 0.1) is 0 Å². The Balaban J connectivity index is 0.000000258. The third-order valence-electron chi connectivity index (χ3n) is 7.28. The number of nitrogens with zero attached hydrogens (tertiary/aromatic N) is 2. The van der Waals surface area contributed by atoms with Gasteiger partial charge >= 0.3 is 12.3 Å². The predicted molar refractivity (Wildman–Crippen MR) is 171 cm³/mol. The molecule has 3 heterocycles. The van der Waals surface area contributed by atoms with Crippen molar-refractivity contribution < 1.29 is 41.7 Å². The van der Waals surface area contributed by atoms with Gasteiger partial charge in [-0.2, -0.15) is 13.2 Å². The Morgan fingerprint density at radius 1 is 1.02 bits per heavy atom. The van der Waals surface area contributed by atoms with Crippen LogP contribution in [0.5, 0.6) is 5.75 Å². The number of thioether (sulfide) groups is 1. The number of nitrogens with one attached hydrogen (secondary N) is 1. The third-order valence-corrected chi connectivity index (χ3v) is 8.77. The average molecular weight is 698 g/mol. The Morgan fingerprint density at radius 2 is 1.70 bits per heavy atom. The lowest BCUT2D eigenvalue weighted by molar-refractivity contribution is -0.172. The summed E-state index contributed by atoms with van der Waals surface area (Å²) in [6.45, 7) is 4.49. The van der Waals surface area contributed by atoms with Gasteiger partial charge in [-0.3, -0.25) is 14.3 Å². The van der Waals surface area contributed by atoms with Crippen LogP contribution >= 0.6 is 23.4 Å². The number of hydrogen-bond donors (Lipinski definition) is 1. The van der Waals surface area contributed by atoms with E-state index in [-0.39, 0.29) is 13.2 Å². The van der Waals surface area contributed by atoms with E-state index in [1.165, 1.54) is 21.6 Å². The predicted octanol–water partition coefficient (Wildman–Crippen LogP) is 6.25. The first-order valence-corrected chi connectivity index (χ1v) is 16.2. The topological polar surface area (TPSA) is 108 Å². The summed E-state index contributed by atoms with van der Waals surface area (Å²) in [6, 6.07) is 13.7. The molecule has 254 valence electrons. The molecule has 10 nitrogen and oxygen atoms in total. The molecule has 0 saturated heterocycles. The fourth-order valence-corrected chi connectivity index (χ4v) is 6.21.